The van der Waals surface area contributed by atoms with Crippen molar-refractivity contribution in [1.29, 1.82) is 0 Å². The van der Waals surface area contributed by atoms with Crippen LogP contribution in [0, 0.1) is 24.2 Å². The van der Waals surface area contributed by atoms with Gasteiger partial charge in [0.05, 0.1) is 28.6 Å². The van der Waals surface area contributed by atoms with E-state index in [0.29, 0.717) is 34.6 Å². The third kappa shape index (κ3) is 4.77. The number of carbonyl (C=O) groups is 3. The third-order valence-corrected chi connectivity index (χ3v) is 9.87. The summed E-state index contributed by atoms with van der Waals surface area (Å²) in [4.78, 5) is 53.9. The van der Waals surface area contributed by atoms with Crippen molar-refractivity contribution in [3.8, 4) is 11.4 Å². The van der Waals surface area contributed by atoms with E-state index in [2.05, 4.69) is 14.9 Å². The Morgan fingerprint density at radius 3 is 2.40 bits per heavy atom. The third-order valence-electron chi connectivity index (χ3n) is 8.73. The fourth-order valence-corrected chi connectivity index (χ4v) is 7.56. The quantitative estimate of drug-likeness (QED) is 0.380. The molecule has 0 N–H and O–H groups in total. The molecule has 42 heavy (non-hydrogen) atoms. The van der Waals surface area contributed by atoms with E-state index in [1.807, 2.05) is 33.9 Å². The Hall–Kier alpha value is -3.09. The Morgan fingerprint density at radius 1 is 1.12 bits per heavy atom. The highest BCUT2D eigenvalue weighted by atomic mass is 35.5. The number of likely N-dealkylation sites (tertiary alicyclic amines) is 1. The van der Waals surface area contributed by atoms with Gasteiger partial charge in [-0.05, 0) is 55.5 Å². The van der Waals surface area contributed by atoms with Gasteiger partial charge >= 0.3 is 6.18 Å². The zero-order valence-electron chi connectivity index (χ0n) is 23.8. The number of amides is 3. The average Bonchev–Trinajstić information content (AvgIpc) is 3.13. The number of halogens is 4. The first-order chi connectivity index (χ1) is 19.2. The van der Waals surface area contributed by atoms with Gasteiger partial charge in [-0.2, -0.15) is 13.2 Å². The minimum absolute atomic E-state index is 0. The predicted octanol–water partition coefficient (Wildman–Crippen LogP) is 5.02. The van der Waals surface area contributed by atoms with Crippen molar-refractivity contribution in [2.24, 2.45) is 17.3 Å². The summed E-state index contributed by atoms with van der Waals surface area (Å²) in [6.45, 7) is 9.05. The molecule has 0 bridgehead atoms. The molecule has 5 heterocycles. The monoisotopic (exact) mass is 621 g/mol. The normalized spacial score (nSPS) is 23.8. The summed E-state index contributed by atoms with van der Waals surface area (Å²) in [5.41, 5.74) is -1.11. The summed E-state index contributed by atoms with van der Waals surface area (Å²) >= 11 is 1.24. The molecule has 3 unspecified atom stereocenters. The second-order valence-electron chi connectivity index (χ2n) is 12.0. The summed E-state index contributed by atoms with van der Waals surface area (Å²) in [5.74, 6) is -1.37. The predicted molar refractivity (Wildman–Crippen MR) is 154 cm³/mol. The zero-order valence-corrected chi connectivity index (χ0v) is 25.4. The number of fused-ring (bicyclic) bond motifs is 2. The molecular weight excluding hydrogens is 591 g/mol. The number of piperidine rings is 1. The first-order valence-electron chi connectivity index (χ1n) is 13.5. The van der Waals surface area contributed by atoms with Crippen LogP contribution in [-0.4, -0.2) is 75.1 Å². The van der Waals surface area contributed by atoms with Gasteiger partial charge in [0.25, 0.3) is 5.91 Å². The van der Waals surface area contributed by atoms with E-state index in [1.54, 1.807) is 11.0 Å². The molecule has 3 aromatic heterocycles. The van der Waals surface area contributed by atoms with Crippen LogP contribution in [0.2, 0.25) is 0 Å². The van der Waals surface area contributed by atoms with Crippen molar-refractivity contribution in [2.45, 2.75) is 46.5 Å². The molecule has 0 spiro atoms. The second-order valence-corrected chi connectivity index (χ2v) is 13.1. The number of nitrogens with zero attached hydrogens (tertiary/aromatic N) is 5. The number of carbonyl (C=O) groups excluding carboxylic acids is 3. The summed E-state index contributed by atoms with van der Waals surface area (Å²) < 4.78 is 42.3. The van der Waals surface area contributed by atoms with E-state index >= 15 is 0 Å². The smallest absolute Gasteiger partial charge is 0.333 e. The van der Waals surface area contributed by atoms with Gasteiger partial charge in [-0.15, -0.1) is 23.7 Å². The lowest BCUT2D eigenvalue weighted by molar-refractivity contribution is -0.144. The fourth-order valence-electron chi connectivity index (χ4n) is 6.42. The molecule has 1 aliphatic carbocycles. The second kappa shape index (κ2) is 10.3. The zero-order chi connectivity index (χ0) is 29.6. The Morgan fingerprint density at radius 2 is 1.79 bits per heavy atom. The highest BCUT2D eigenvalue weighted by Crippen LogP contribution is 2.63. The van der Waals surface area contributed by atoms with Crippen molar-refractivity contribution >= 4 is 51.6 Å². The van der Waals surface area contributed by atoms with E-state index in [1.165, 1.54) is 29.4 Å². The molecule has 3 amide bonds. The number of pyridine rings is 2. The largest absolute Gasteiger partial charge is 0.433 e. The summed E-state index contributed by atoms with van der Waals surface area (Å²) in [7, 11) is 1.96. The summed E-state index contributed by atoms with van der Waals surface area (Å²) in [5, 5.41) is 0.683. The standard InChI is InChI=1S/C29H30F3N5O3S.ClH/c1-14-10-18(29(30,31)32)34-22(19(14)25(38)36-9-8-35(5)12-15(36)2)23-24-16(6-7-33-23)11-17(41-24)13-37-26(39)20-21(27(37)40)28(20,3)4;/h6-7,10-11,15,20-21H,8-9,12-13H2,1-5H3;1H. The van der Waals surface area contributed by atoms with E-state index in [9.17, 15) is 27.6 Å². The number of aryl methyl sites for hydroxylation is 1. The van der Waals surface area contributed by atoms with Crippen molar-refractivity contribution in [1.82, 2.24) is 24.7 Å². The minimum atomic E-state index is -4.72. The van der Waals surface area contributed by atoms with Crippen LogP contribution in [0.1, 0.15) is 47.3 Å². The molecule has 3 atom stereocenters. The Labute approximate surface area is 251 Å². The molecule has 2 saturated heterocycles. The molecule has 1 saturated carbocycles. The number of imide groups is 1. The lowest BCUT2D eigenvalue weighted by Gasteiger charge is -2.38. The van der Waals surface area contributed by atoms with Crippen molar-refractivity contribution in [2.75, 3.05) is 26.7 Å². The maximum absolute atomic E-state index is 13.9. The topological polar surface area (TPSA) is 86.7 Å². The average molecular weight is 622 g/mol. The number of alkyl halides is 3. The molecule has 3 fully saturated rings. The Kier molecular flexibility index (Phi) is 7.43. The van der Waals surface area contributed by atoms with E-state index < -0.39 is 11.9 Å². The molecular formula is C29H31ClF3N5O3S. The molecule has 224 valence electrons. The van der Waals surface area contributed by atoms with Gasteiger partial charge in [-0.25, -0.2) is 4.98 Å². The molecule has 6 rings (SSSR count). The van der Waals surface area contributed by atoms with Crippen molar-refractivity contribution in [3.05, 3.63) is 46.1 Å². The van der Waals surface area contributed by atoms with Crippen LogP contribution in [0.5, 0.6) is 0 Å². The first kappa shape index (κ1) is 30.4. The number of rotatable bonds is 4. The van der Waals surface area contributed by atoms with Crippen LogP contribution in [0.15, 0.2) is 24.4 Å². The molecule has 0 radical (unpaired) electrons. The molecule has 0 aromatic carbocycles. The van der Waals surface area contributed by atoms with E-state index in [-0.39, 0.29) is 82.5 Å². The number of piperazine rings is 1. The highest BCUT2D eigenvalue weighted by molar-refractivity contribution is 7.19. The van der Waals surface area contributed by atoms with Gasteiger partial charge in [0.2, 0.25) is 11.8 Å². The van der Waals surface area contributed by atoms with Crippen LogP contribution < -0.4 is 0 Å². The van der Waals surface area contributed by atoms with Gasteiger partial charge in [-0.3, -0.25) is 24.3 Å². The van der Waals surface area contributed by atoms with E-state index in [0.717, 1.165) is 6.07 Å². The van der Waals surface area contributed by atoms with Gasteiger partial charge in [0.15, 0.2) is 0 Å². The van der Waals surface area contributed by atoms with Gasteiger partial charge in [-0.1, -0.05) is 13.8 Å². The maximum atomic E-state index is 13.9. The maximum Gasteiger partial charge on any atom is 0.433 e. The van der Waals surface area contributed by atoms with Gasteiger partial charge < -0.3 is 9.80 Å². The molecule has 2 aliphatic heterocycles. The van der Waals surface area contributed by atoms with Crippen LogP contribution in [0.4, 0.5) is 13.2 Å². The van der Waals surface area contributed by atoms with E-state index in [4.69, 9.17) is 0 Å². The molecule has 8 nitrogen and oxygen atoms in total. The number of aromatic nitrogens is 2. The van der Waals surface area contributed by atoms with Crippen LogP contribution in [0.3, 0.4) is 0 Å². The van der Waals surface area contributed by atoms with Crippen LogP contribution in [0.25, 0.3) is 21.5 Å². The van der Waals surface area contributed by atoms with Crippen molar-refractivity contribution < 1.29 is 27.6 Å². The summed E-state index contributed by atoms with van der Waals surface area (Å²) in [6, 6.07) is 4.30. The Balaban J connectivity index is 0.00000353. The highest BCUT2D eigenvalue weighted by Gasteiger charge is 2.72. The number of thiophene rings is 1. The Bertz CT molecular complexity index is 1600. The SMILES string of the molecule is Cc1cc(C(F)(F)F)nc(-c2nccc3cc(CN4C(=O)C5C(C4=O)C5(C)C)sc23)c1C(=O)N1CCN(C)CC1C.Cl. The van der Waals surface area contributed by atoms with Crippen LogP contribution >= 0.6 is 23.7 Å². The fraction of sp³-hybridized carbons (Fsp3) is 0.483. The number of likely N-dealkylation sites (N-methyl/N-ethyl adjacent to an activating group) is 1. The number of hydrogen-bond donors (Lipinski definition) is 0. The molecule has 3 aromatic rings. The lowest BCUT2D eigenvalue weighted by Crippen LogP contribution is -2.53. The summed E-state index contributed by atoms with van der Waals surface area (Å²) in [6.07, 6.45) is -3.25. The molecule has 3 aliphatic rings. The van der Waals surface area contributed by atoms with Crippen LogP contribution in [-0.2, 0) is 22.3 Å². The van der Waals surface area contributed by atoms with Crippen molar-refractivity contribution in [3.63, 3.8) is 0 Å². The number of hydrogen-bond acceptors (Lipinski definition) is 7. The lowest BCUT2D eigenvalue weighted by atomic mass is 10.00. The first-order valence-corrected chi connectivity index (χ1v) is 14.3. The van der Waals surface area contributed by atoms with Gasteiger partial charge in [0, 0.05) is 36.8 Å². The molecule has 13 heteroatoms. The van der Waals surface area contributed by atoms with Gasteiger partial charge in [0.1, 0.15) is 17.1 Å². The minimum Gasteiger partial charge on any atom is -0.333 e.